The number of amides is 1. The van der Waals surface area contributed by atoms with Gasteiger partial charge < -0.3 is 15.0 Å². The minimum Gasteiger partial charge on any atom is -0.379 e. The highest BCUT2D eigenvalue weighted by Crippen LogP contribution is 2.22. The molecule has 4 nitrogen and oxygen atoms in total. The second-order valence-corrected chi connectivity index (χ2v) is 5.15. The molecule has 1 unspecified atom stereocenters. The molecule has 2 fully saturated rings. The van der Waals surface area contributed by atoms with E-state index < -0.39 is 0 Å². The van der Waals surface area contributed by atoms with E-state index in [4.69, 9.17) is 4.74 Å². The lowest BCUT2D eigenvalue weighted by Gasteiger charge is -2.32. The quantitative estimate of drug-likeness (QED) is 0.523. The molecule has 1 N–H and O–H groups in total. The van der Waals surface area contributed by atoms with Crippen molar-refractivity contribution in [3.8, 4) is 0 Å². The molecule has 0 aromatic carbocycles. The average molecular weight is 252 g/mol. The molecule has 18 heavy (non-hydrogen) atoms. The van der Waals surface area contributed by atoms with Crippen molar-refractivity contribution in [1.82, 2.24) is 10.2 Å². The Hall–Kier alpha value is -0.870. The van der Waals surface area contributed by atoms with Crippen LogP contribution in [0.25, 0.3) is 0 Å². The standard InChI is InChI=1S/C14H24N2O2/c1-2-3-10-18-11-9-16-8-4-5-13(14(16)17)15-12-6-7-12/h2,12-13,15H,1,3-11H2. The minimum atomic E-state index is 0.0550. The fraction of sp³-hybridized carbons (Fsp3) is 0.786. The third kappa shape index (κ3) is 4.10. The Kier molecular flexibility index (Phi) is 5.20. The van der Waals surface area contributed by atoms with Crippen LogP contribution in [0, 0.1) is 0 Å². The Labute approximate surface area is 109 Å². The number of nitrogens with zero attached hydrogens (tertiary/aromatic N) is 1. The number of rotatable bonds is 8. The third-order valence-corrected chi connectivity index (χ3v) is 3.52. The summed E-state index contributed by atoms with van der Waals surface area (Å²) >= 11 is 0. The Morgan fingerprint density at radius 1 is 1.39 bits per heavy atom. The van der Waals surface area contributed by atoms with Crippen LogP contribution in [0.3, 0.4) is 0 Å². The van der Waals surface area contributed by atoms with Gasteiger partial charge in [0.1, 0.15) is 0 Å². The maximum absolute atomic E-state index is 12.2. The molecule has 1 aliphatic heterocycles. The topological polar surface area (TPSA) is 41.6 Å². The zero-order chi connectivity index (χ0) is 12.8. The van der Waals surface area contributed by atoms with Gasteiger partial charge in [-0.2, -0.15) is 0 Å². The van der Waals surface area contributed by atoms with Crippen LogP contribution in [-0.4, -0.2) is 49.2 Å². The second-order valence-electron chi connectivity index (χ2n) is 5.15. The highest BCUT2D eigenvalue weighted by Gasteiger charge is 2.32. The van der Waals surface area contributed by atoms with Crippen molar-refractivity contribution in [2.24, 2.45) is 0 Å². The molecule has 0 bridgehead atoms. The van der Waals surface area contributed by atoms with Gasteiger partial charge >= 0.3 is 0 Å². The van der Waals surface area contributed by atoms with Crippen molar-refractivity contribution in [1.29, 1.82) is 0 Å². The Bertz CT molecular complexity index is 290. The van der Waals surface area contributed by atoms with E-state index in [1.54, 1.807) is 0 Å². The lowest BCUT2D eigenvalue weighted by atomic mass is 10.0. The van der Waals surface area contributed by atoms with Gasteiger partial charge in [0.05, 0.1) is 19.3 Å². The van der Waals surface area contributed by atoms with Crippen LogP contribution in [0.4, 0.5) is 0 Å². The van der Waals surface area contributed by atoms with E-state index >= 15 is 0 Å². The number of likely N-dealkylation sites (tertiary alicyclic amines) is 1. The predicted octanol–water partition coefficient (Wildman–Crippen LogP) is 1.32. The molecular weight excluding hydrogens is 228 g/mol. The normalized spacial score (nSPS) is 24.3. The van der Waals surface area contributed by atoms with Gasteiger partial charge in [-0.1, -0.05) is 6.08 Å². The maximum Gasteiger partial charge on any atom is 0.239 e. The summed E-state index contributed by atoms with van der Waals surface area (Å²) in [5, 5.41) is 3.44. The number of ether oxygens (including phenoxy) is 1. The maximum atomic E-state index is 12.2. The summed E-state index contributed by atoms with van der Waals surface area (Å²) < 4.78 is 5.47. The Balaban J connectivity index is 1.66. The summed E-state index contributed by atoms with van der Waals surface area (Å²) in [6.07, 6.45) is 7.27. The van der Waals surface area contributed by atoms with Gasteiger partial charge in [-0.05, 0) is 32.1 Å². The summed E-state index contributed by atoms with van der Waals surface area (Å²) in [6, 6.07) is 0.655. The van der Waals surface area contributed by atoms with Crippen LogP contribution < -0.4 is 5.32 Å². The van der Waals surface area contributed by atoms with Gasteiger partial charge in [-0.25, -0.2) is 0 Å². The zero-order valence-electron chi connectivity index (χ0n) is 11.1. The summed E-state index contributed by atoms with van der Waals surface area (Å²) in [6.45, 7) is 6.59. The van der Waals surface area contributed by atoms with Crippen LogP contribution in [-0.2, 0) is 9.53 Å². The van der Waals surface area contributed by atoms with Gasteiger partial charge in [0, 0.05) is 19.1 Å². The van der Waals surface area contributed by atoms with E-state index in [0.717, 1.165) is 32.4 Å². The van der Waals surface area contributed by atoms with Crippen molar-refractivity contribution in [3.63, 3.8) is 0 Å². The summed E-state index contributed by atoms with van der Waals surface area (Å²) in [7, 11) is 0. The highest BCUT2D eigenvalue weighted by atomic mass is 16.5. The third-order valence-electron chi connectivity index (χ3n) is 3.52. The molecule has 0 spiro atoms. The van der Waals surface area contributed by atoms with Crippen molar-refractivity contribution < 1.29 is 9.53 Å². The van der Waals surface area contributed by atoms with E-state index in [0.29, 0.717) is 19.3 Å². The van der Waals surface area contributed by atoms with E-state index in [1.165, 1.54) is 12.8 Å². The number of nitrogens with one attached hydrogen (secondary N) is 1. The second kappa shape index (κ2) is 6.90. The smallest absolute Gasteiger partial charge is 0.239 e. The lowest BCUT2D eigenvalue weighted by molar-refractivity contribution is -0.136. The first-order valence-electron chi connectivity index (χ1n) is 7.04. The Morgan fingerprint density at radius 2 is 2.22 bits per heavy atom. The molecular formula is C14H24N2O2. The fourth-order valence-corrected chi connectivity index (χ4v) is 2.29. The first-order chi connectivity index (χ1) is 8.81. The van der Waals surface area contributed by atoms with E-state index in [1.807, 2.05) is 11.0 Å². The summed E-state index contributed by atoms with van der Waals surface area (Å²) in [5.74, 6) is 0.264. The molecule has 1 atom stereocenters. The number of hydrogen-bond acceptors (Lipinski definition) is 3. The van der Waals surface area contributed by atoms with Crippen LogP contribution in [0.2, 0.25) is 0 Å². The molecule has 0 aromatic rings. The summed E-state index contributed by atoms with van der Waals surface area (Å²) in [5.41, 5.74) is 0. The number of carbonyl (C=O) groups is 1. The molecule has 0 radical (unpaired) electrons. The summed E-state index contributed by atoms with van der Waals surface area (Å²) in [4.78, 5) is 14.1. The van der Waals surface area contributed by atoms with E-state index in [-0.39, 0.29) is 11.9 Å². The molecule has 2 aliphatic rings. The lowest BCUT2D eigenvalue weighted by Crippen LogP contribution is -2.52. The average Bonchev–Trinajstić information content (AvgIpc) is 3.17. The molecule has 102 valence electrons. The van der Waals surface area contributed by atoms with Crippen LogP contribution >= 0.6 is 0 Å². The molecule has 2 rings (SSSR count). The van der Waals surface area contributed by atoms with Gasteiger partial charge in [0.2, 0.25) is 5.91 Å². The molecule has 1 aliphatic carbocycles. The van der Waals surface area contributed by atoms with Gasteiger partial charge in [0.25, 0.3) is 0 Å². The molecule has 4 heteroatoms. The van der Waals surface area contributed by atoms with Crippen LogP contribution in [0.5, 0.6) is 0 Å². The molecule has 1 heterocycles. The molecule has 1 saturated heterocycles. The fourth-order valence-electron chi connectivity index (χ4n) is 2.29. The molecule has 0 aromatic heterocycles. The zero-order valence-corrected chi connectivity index (χ0v) is 11.1. The number of piperidine rings is 1. The predicted molar refractivity (Wildman–Crippen MR) is 71.4 cm³/mol. The Morgan fingerprint density at radius 3 is 2.94 bits per heavy atom. The molecule has 1 saturated carbocycles. The van der Waals surface area contributed by atoms with Crippen molar-refractivity contribution in [2.45, 2.75) is 44.2 Å². The van der Waals surface area contributed by atoms with Crippen molar-refractivity contribution in [2.75, 3.05) is 26.3 Å². The van der Waals surface area contributed by atoms with Gasteiger partial charge in [-0.3, -0.25) is 4.79 Å². The number of hydrogen-bond donors (Lipinski definition) is 1. The first-order valence-corrected chi connectivity index (χ1v) is 7.04. The SMILES string of the molecule is C=CCCOCCN1CCCC(NC2CC2)C1=O. The van der Waals surface area contributed by atoms with Crippen molar-refractivity contribution in [3.05, 3.63) is 12.7 Å². The largest absolute Gasteiger partial charge is 0.379 e. The monoisotopic (exact) mass is 252 g/mol. The first kappa shape index (κ1) is 13.6. The van der Waals surface area contributed by atoms with Crippen LogP contribution in [0.15, 0.2) is 12.7 Å². The number of carbonyl (C=O) groups excluding carboxylic acids is 1. The van der Waals surface area contributed by atoms with Gasteiger partial charge in [-0.15, -0.1) is 6.58 Å². The minimum absolute atomic E-state index is 0.0550. The molecule has 1 amide bonds. The van der Waals surface area contributed by atoms with E-state index in [2.05, 4.69) is 11.9 Å². The van der Waals surface area contributed by atoms with Gasteiger partial charge in [0.15, 0.2) is 0 Å². The van der Waals surface area contributed by atoms with Crippen molar-refractivity contribution >= 4 is 5.91 Å². The highest BCUT2D eigenvalue weighted by molar-refractivity contribution is 5.82. The van der Waals surface area contributed by atoms with E-state index in [9.17, 15) is 4.79 Å². The van der Waals surface area contributed by atoms with Crippen LogP contribution in [0.1, 0.15) is 32.1 Å².